The van der Waals surface area contributed by atoms with Gasteiger partial charge in [-0.1, -0.05) is 40.0 Å². The predicted molar refractivity (Wildman–Crippen MR) is 85.5 cm³/mol. The predicted octanol–water partition coefficient (Wildman–Crippen LogP) is 3.77. The zero-order valence-corrected chi connectivity index (χ0v) is 13.9. The highest BCUT2D eigenvalue weighted by Crippen LogP contribution is 2.32. The first kappa shape index (κ1) is 17.0. The van der Waals surface area contributed by atoms with E-state index >= 15 is 0 Å². The zero-order valence-electron chi connectivity index (χ0n) is 13.9. The highest BCUT2D eigenvalue weighted by atomic mass is 15.1. The lowest BCUT2D eigenvalue weighted by molar-refractivity contribution is 0.145. The lowest BCUT2D eigenvalue weighted by atomic mass is 9.76. The molecule has 0 aliphatic heterocycles. The molecule has 19 heavy (non-hydrogen) atoms. The van der Waals surface area contributed by atoms with Crippen LogP contribution in [0.25, 0.3) is 0 Å². The lowest BCUT2D eigenvalue weighted by Crippen LogP contribution is -2.44. The summed E-state index contributed by atoms with van der Waals surface area (Å²) in [7, 11) is 4.45. The Morgan fingerprint density at radius 2 is 2.00 bits per heavy atom. The van der Waals surface area contributed by atoms with Gasteiger partial charge in [-0.2, -0.15) is 0 Å². The van der Waals surface area contributed by atoms with Crippen molar-refractivity contribution in [3.8, 4) is 0 Å². The molecule has 0 bridgehead atoms. The van der Waals surface area contributed by atoms with Gasteiger partial charge < -0.3 is 10.2 Å². The molecule has 4 unspecified atom stereocenters. The topological polar surface area (TPSA) is 15.3 Å². The molecule has 2 nitrogen and oxygen atoms in total. The highest BCUT2D eigenvalue weighted by Gasteiger charge is 2.29. The zero-order chi connectivity index (χ0) is 14.3. The quantitative estimate of drug-likeness (QED) is 0.721. The summed E-state index contributed by atoms with van der Waals surface area (Å²) in [5, 5.41) is 3.56. The fraction of sp³-hybridized carbons (Fsp3) is 1.00. The lowest BCUT2D eigenvalue weighted by Gasteiger charge is -2.38. The summed E-state index contributed by atoms with van der Waals surface area (Å²) in [6.07, 6.45) is 8.33. The van der Waals surface area contributed by atoms with E-state index in [-0.39, 0.29) is 0 Å². The number of rotatable bonds is 8. The summed E-state index contributed by atoms with van der Waals surface area (Å²) < 4.78 is 0. The van der Waals surface area contributed by atoms with Crippen LogP contribution in [0.15, 0.2) is 0 Å². The SMILES string of the molecule is CCCC1CCC(NC)C(CN(C)CC(C)CC)C1. The Hall–Kier alpha value is -0.0800. The second-order valence-electron chi connectivity index (χ2n) is 6.86. The second kappa shape index (κ2) is 8.97. The largest absolute Gasteiger partial charge is 0.317 e. The molecule has 0 amide bonds. The number of hydrogen-bond donors (Lipinski definition) is 1. The summed E-state index contributed by atoms with van der Waals surface area (Å²) >= 11 is 0. The third-order valence-electron chi connectivity index (χ3n) is 5.03. The van der Waals surface area contributed by atoms with Gasteiger partial charge in [0.2, 0.25) is 0 Å². The van der Waals surface area contributed by atoms with Crippen LogP contribution >= 0.6 is 0 Å². The van der Waals surface area contributed by atoms with E-state index in [2.05, 4.69) is 45.1 Å². The van der Waals surface area contributed by atoms with Gasteiger partial charge in [0.1, 0.15) is 0 Å². The van der Waals surface area contributed by atoms with Gasteiger partial charge in [0.15, 0.2) is 0 Å². The van der Waals surface area contributed by atoms with Gasteiger partial charge in [-0.25, -0.2) is 0 Å². The summed E-state index contributed by atoms with van der Waals surface area (Å²) in [5.41, 5.74) is 0. The fourth-order valence-electron chi connectivity index (χ4n) is 3.75. The maximum absolute atomic E-state index is 3.56. The number of hydrogen-bond acceptors (Lipinski definition) is 2. The molecule has 1 aliphatic rings. The number of nitrogens with one attached hydrogen (secondary N) is 1. The van der Waals surface area contributed by atoms with E-state index < -0.39 is 0 Å². The molecule has 114 valence electrons. The van der Waals surface area contributed by atoms with Crippen LogP contribution in [0.2, 0.25) is 0 Å². The van der Waals surface area contributed by atoms with Gasteiger partial charge in [-0.3, -0.25) is 0 Å². The fourth-order valence-corrected chi connectivity index (χ4v) is 3.75. The molecule has 1 rings (SSSR count). The van der Waals surface area contributed by atoms with Crippen LogP contribution in [-0.4, -0.2) is 38.1 Å². The van der Waals surface area contributed by atoms with Gasteiger partial charge in [0, 0.05) is 19.1 Å². The van der Waals surface area contributed by atoms with Crippen LogP contribution in [0.5, 0.6) is 0 Å². The smallest absolute Gasteiger partial charge is 0.0105 e. The molecule has 1 saturated carbocycles. The summed E-state index contributed by atoms with van der Waals surface area (Å²) in [5.74, 6) is 2.66. The first-order valence-corrected chi connectivity index (χ1v) is 8.46. The van der Waals surface area contributed by atoms with E-state index in [4.69, 9.17) is 0 Å². The monoisotopic (exact) mass is 268 g/mol. The maximum atomic E-state index is 3.56. The van der Waals surface area contributed by atoms with E-state index in [1.165, 1.54) is 51.6 Å². The third kappa shape index (κ3) is 5.83. The molecule has 1 N–H and O–H groups in total. The summed E-state index contributed by atoms with van der Waals surface area (Å²) in [6, 6.07) is 0.743. The van der Waals surface area contributed by atoms with Gasteiger partial charge in [-0.05, 0) is 51.1 Å². The van der Waals surface area contributed by atoms with E-state index in [9.17, 15) is 0 Å². The van der Waals surface area contributed by atoms with Gasteiger partial charge in [0.25, 0.3) is 0 Å². The Labute approximate surface area is 121 Å². The highest BCUT2D eigenvalue weighted by molar-refractivity contribution is 4.85. The van der Waals surface area contributed by atoms with E-state index in [1.54, 1.807) is 0 Å². The van der Waals surface area contributed by atoms with Crippen molar-refractivity contribution in [3.05, 3.63) is 0 Å². The van der Waals surface area contributed by atoms with Crippen LogP contribution in [0.1, 0.15) is 59.3 Å². The molecule has 1 aliphatic carbocycles. The first-order valence-electron chi connectivity index (χ1n) is 8.46. The molecular weight excluding hydrogens is 232 g/mol. The summed E-state index contributed by atoms with van der Waals surface area (Å²) in [6.45, 7) is 9.52. The average molecular weight is 268 g/mol. The van der Waals surface area contributed by atoms with Crippen LogP contribution < -0.4 is 5.32 Å². The Morgan fingerprint density at radius 3 is 2.58 bits per heavy atom. The van der Waals surface area contributed by atoms with Crippen molar-refractivity contribution < 1.29 is 0 Å². The molecule has 4 atom stereocenters. The summed E-state index contributed by atoms with van der Waals surface area (Å²) in [4.78, 5) is 2.57. The van der Waals surface area contributed by atoms with Crippen LogP contribution in [0.3, 0.4) is 0 Å². The standard InChI is InChI=1S/C17H36N2/c1-6-8-15-9-10-17(18-4)16(11-15)13-19(5)12-14(3)7-2/h14-18H,6-13H2,1-5H3. The molecule has 0 heterocycles. The van der Waals surface area contributed by atoms with Crippen molar-refractivity contribution in [2.24, 2.45) is 17.8 Å². The van der Waals surface area contributed by atoms with Gasteiger partial charge in [0.05, 0.1) is 0 Å². The Bertz CT molecular complexity index is 229. The van der Waals surface area contributed by atoms with E-state index in [0.717, 1.165) is 23.8 Å². The van der Waals surface area contributed by atoms with E-state index in [0.29, 0.717) is 0 Å². The molecule has 0 spiro atoms. The van der Waals surface area contributed by atoms with E-state index in [1.807, 2.05) is 0 Å². The van der Waals surface area contributed by atoms with Crippen molar-refractivity contribution in [2.45, 2.75) is 65.3 Å². The molecule has 1 fully saturated rings. The van der Waals surface area contributed by atoms with Crippen molar-refractivity contribution in [2.75, 3.05) is 27.2 Å². The Morgan fingerprint density at radius 1 is 1.26 bits per heavy atom. The molecule has 0 saturated heterocycles. The molecule has 0 aromatic rings. The van der Waals surface area contributed by atoms with Gasteiger partial charge in [-0.15, -0.1) is 0 Å². The molecule has 0 aromatic heterocycles. The van der Waals surface area contributed by atoms with Crippen molar-refractivity contribution in [1.82, 2.24) is 10.2 Å². The molecule has 0 radical (unpaired) electrons. The Balaban J connectivity index is 2.45. The molecular formula is C17H36N2. The van der Waals surface area contributed by atoms with Crippen molar-refractivity contribution in [3.63, 3.8) is 0 Å². The molecule has 0 aromatic carbocycles. The number of nitrogens with zero attached hydrogens (tertiary/aromatic N) is 1. The second-order valence-corrected chi connectivity index (χ2v) is 6.86. The van der Waals surface area contributed by atoms with Crippen LogP contribution in [-0.2, 0) is 0 Å². The maximum Gasteiger partial charge on any atom is 0.0105 e. The molecule has 2 heteroatoms. The third-order valence-corrected chi connectivity index (χ3v) is 5.03. The normalized spacial score (nSPS) is 29.7. The average Bonchev–Trinajstić information content (AvgIpc) is 2.39. The minimum Gasteiger partial charge on any atom is -0.317 e. The van der Waals surface area contributed by atoms with Crippen molar-refractivity contribution in [1.29, 1.82) is 0 Å². The first-order chi connectivity index (χ1) is 9.10. The Kier molecular flexibility index (Phi) is 8.01. The van der Waals surface area contributed by atoms with Gasteiger partial charge >= 0.3 is 0 Å². The van der Waals surface area contributed by atoms with Crippen molar-refractivity contribution >= 4 is 0 Å². The minimum atomic E-state index is 0.743. The van der Waals surface area contributed by atoms with Crippen LogP contribution in [0, 0.1) is 17.8 Å². The van der Waals surface area contributed by atoms with Crippen LogP contribution in [0.4, 0.5) is 0 Å². The minimum absolute atomic E-state index is 0.743.